The molecule has 3 aromatic carbocycles. The molecule has 0 aliphatic heterocycles. The minimum absolute atomic E-state index is 0.0646. The monoisotopic (exact) mass is 551 g/mol. The number of hydrogen-bond donors (Lipinski definition) is 1. The first-order chi connectivity index (χ1) is 18.8. The lowest BCUT2D eigenvalue weighted by Crippen LogP contribution is -2.52. The molecule has 0 saturated carbocycles. The van der Waals surface area contributed by atoms with Crippen LogP contribution in [0.3, 0.4) is 0 Å². The second kappa shape index (κ2) is 14.3. The van der Waals surface area contributed by atoms with Gasteiger partial charge in [0.1, 0.15) is 18.3 Å². The van der Waals surface area contributed by atoms with Gasteiger partial charge in [-0.05, 0) is 61.7 Å². The van der Waals surface area contributed by atoms with Gasteiger partial charge >= 0.3 is 0 Å². The van der Waals surface area contributed by atoms with Crippen molar-refractivity contribution in [1.29, 1.82) is 0 Å². The predicted octanol–water partition coefficient (Wildman–Crippen LogP) is 4.27. The zero-order chi connectivity index (χ0) is 28.3. The van der Waals surface area contributed by atoms with E-state index in [1.54, 1.807) is 49.4 Å². The normalized spacial score (nSPS) is 11.9. The molecule has 2 amide bonds. The number of methoxy groups -OCH3 is 1. The van der Waals surface area contributed by atoms with E-state index in [1.807, 2.05) is 37.3 Å². The van der Waals surface area contributed by atoms with Crippen LogP contribution < -0.4 is 14.4 Å². The fraction of sp³-hybridized carbons (Fsp3) is 0.333. The largest absolute Gasteiger partial charge is 0.497 e. The molecule has 0 aromatic heterocycles. The van der Waals surface area contributed by atoms with E-state index in [1.165, 1.54) is 24.1 Å². The van der Waals surface area contributed by atoms with Crippen molar-refractivity contribution < 1.29 is 22.7 Å². The lowest BCUT2D eigenvalue weighted by Gasteiger charge is -2.32. The maximum absolute atomic E-state index is 13.8. The molecule has 9 heteroatoms. The van der Waals surface area contributed by atoms with Gasteiger partial charge in [0.05, 0.1) is 17.7 Å². The van der Waals surface area contributed by atoms with Crippen LogP contribution in [0, 0.1) is 0 Å². The van der Waals surface area contributed by atoms with Gasteiger partial charge in [0, 0.05) is 13.1 Å². The molecule has 208 valence electrons. The van der Waals surface area contributed by atoms with Crippen molar-refractivity contribution >= 4 is 27.5 Å². The highest BCUT2D eigenvalue weighted by Crippen LogP contribution is 2.26. The van der Waals surface area contributed by atoms with Crippen molar-refractivity contribution in [1.82, 2.24) is 10.2 Å². The van der Waals surface area contributed by atoms with Crippen molar-refractivity contribution in [3.8, 4) is 5.75 Å². The zero-order valence-corrected chi connectivity index (χ0v) is 23.6. The van der Waals surface area contributed by atoms with Crippen LogP contribution in [0.5, 0.6) is 5.75 Å². The molecule has 0 bridgehead atoms. The number of hydrogen-bond acceptors (Lipinski definition) is 5. The molecule has 0 heterocycles. The number of amides is 2. The molecule has 0 aliphatic carbocycles. The van der Waals surface area contributed by atoms with Gasteiger partial charge < -0.3 is 15.0 Å². The Bertz CT molecular complexity index is 1300. The molecule has 0 radical (unpaired) electrons. The van der Waals surface area contributed by atoms with Crippen LogP contribution in [0.25, 0.3) is 0 Å². The molecule has 1 atom stereocenters. The number of sulfonamides is 1. The first-order valence-electron chi connectivity index (χ1n) is 13.1. The summed E-state index contributed by atoms with van der Waals surface area (Å²) in [6, 6.07) is 23.3. The average molecular weight is 552 g/mol. The third kappa shape index (κ3) is 8.07. The summed E-state index contributed by atoms with van der Waals surface area (Å²) in [4.78, 5) is 28.3. The van der Waals surface area contributed by atoms with Crippen molar-refractivity contribution in [2.24, 2.45) is 0 Å². The number of nitrogens with zero attached hydrogens (tertiary/aromatic N) is 2. The van der Waals surface area contributed by atoms with Crippen molar-refractivity contribution in [2.45, 2.75) is 44.0 Å². The zero-order valence-electron chi connectivity index (χ0n) is 22.7. The Kier molecular flexibility index (Phi) is 10.9. The Morgan fingerprint density at radius 3 is 2.13 bits per heavy atom. The molecule has 1 N–H and O–H groups in total. The number of benzene rings is 3. The molecule has 3 rings (SSSR count). The summed E-state index contributed by atoms with van der Waals surface area (Å²) in [5.41, 5.74) is 1.33. The van der Waals surface area contributed by atoms with Gasteiger partial charge in [0.2, 0.25) is 11.8 Å². The number of carbonyl (C=O) groups excluding carboxylic acids is 2. The van der Waals surface area contributed by atoms with Crippen LogP contribution in [-0.4, -0.2) is 57.9 Å². The summed E-state index contributed by atoms with van der Waals surface area (Å²) in [5.74, 6) is -0.185. The fourth-order valence-corrected chi connectivity index (χ4v) is 5.54. The summed E-state index contributed by atoms with van der Waals surface area (Å²) in [6.45, 7) is 4.01. The smallest absolute Gasteiger partial charge is 0.264 e. The molecule has 0 aliphatic rings. The van der Waals surface area contributed by atoms with Crippen molar-refractivity contribution in [3.05, 3.63) is 90.5 Å². The molecule has 3 aromatic rings. The maximum atomic E-state index is 13.8. The Balaban J connectivity index is 1.93. The van der Waals surface area contributed by atoms with Crippen molar-refractivity contribution in [3.63, 3.8) is 0 Å². The summed E-state index contributed by atoms with van der Waals surface area (Å²) in [7, 11) is -2.57. The lowest BCUT2D eigenvalue weighted by molar-refractivity contribution is -0.138. The predicted molar refractivity (Wildman–Crippen MR) is 153 cm³/mol. The molecule has 8 nitrogen and oxygen atoms in total. The van der Waals surface area contributed by atoms with Crippen LogP contribution in [0.2, 0.25) is 0 Å². The van der Waals surface area contributed by atoms with E-state index >= 15 is 0 Å². The van der Waals surface area contributed by atoms with E-state index in [-0.39, 0.29) is 17.3 Å². The van der Waals surface area contributed by atoms with E-state index < -0.39 is 28.5 Å². The highest BCUT2D eigenvalue weighted by atomic mass is 32.2. The lowest BCUT2D eigenvalue weighted by atomic mass is 10.1. The number of rotatable bonds is 14. The van der Waals surface area contributed by atoms with Gasteiger partial charge in [-0.1, -0.05) is 61.9 Å². The fourth-order valence-electron chi connectivity index (χ4n) is 4.10. The van der Waals surface area contributed by atoms with Crippen LogP contribution in [0.1, 0.15) is 32.3 Å². The maximum Gasteiger partial charge on any atom is 0.264 e. The van der Waals surface area contributed by atoms with Gasteiger partial charge in [-0.15, -0.1) is 0 Å². The summed E-state index contributed by atoms with van der Waals surface area (Å²) >= 11 is 0. The minimum atomic E-state index is -4.09. The number of ether oxygens (including phenoxy) is 1. The van der Waals surface area contributed by atoms with Crippen LogP contribution in [-0.2, 0) is 26.0 Å². The van der Waals surface area contributed by atoms with Gasteiger partial charge in [-0.2, -0.15) is 0 Å². The summed E-state index contributed by atoms with van der Waals surface area (Å²) in [6.07, 6.45) is 2.28. The standard InChI is InChI=1S/C30H37N3O5S/c1-4-5-21-31-30(35)24(2)32(22-20-25-12-8-6-9-13-25)29(34)23-33(26-16-18-27(38-3)19-17-26)39(36,37)28-14-10-7-11-15-28/h6-19,24H,4-5,20-23H2,1-3H3,(H,31,35). The van der Waals surface area contributed by atoms with E-state index in [9.17, 15) is 18.0 Å². The third-order valence-corrected chi connectivity index (χ3v) is 8.24. The second-order valence-electron chi connectivity index (χ2n) is 9.17. The number of carbonyl (C=O) groups is 2. The third-order valence-electron chi connectivity index (χ3n) is 6.45. The van der Waals surface area contributed by atoms with Gasteiger partial charge in [0.15, 0.2) is 0 Å². The first kappa shape index (κ1) is 29.7. The van der Waals surface area contributed by atoms with Gasteiger partial charge in [-0.3, -0.25) is 13.9 Å². The topological polar surface area (TPSA) is 96.0 Å². The SMILES string of the molecule is CCCCNC(=O)C(C)N(CCc1ccccc1)C(=O)CN(c1ccc(OC)cc1)S(=O)(=O)c1ccccc1. The van der Waals surface area contributed by atoms with Gasteiger partial charge in [0.25, 0.3) is 10.0 Å². The second-order valence-corrected chi connectivity index (χ2v) is 11.0. The minimum Gasteiger partial charge on any atom is -0.497 e. The van der Waals surface area contributed by atoms with E-state index in [0.717, 1.165) is 22.7 Å². The molecule has 39 heavy (non-hydrogen) atoms. The molecular formula is C30H37N3O5S. The number of anilines is 1. The highest BCUT2D eigenvalue weighted by Gasteiger charge is 2.32. The van der Waals surface area contributed by atoms with Crippen LogP contribution in [0.4, 0.5) is 5.69 Å². The number of nitrogens with one attached hydrogen (secondary N) is 1. The Morgan fingerprint density at radius 1 is 0.923 bits per heavy atom. The summed E-state index contributed by atoms with van der Waals surface area (Å²) in [5, 5.41) is 2.89. The van der Waals surface area contributed by atoms with Crippen LogP contribution >= 0.6 is 0 Å². The van der Waals surface area contributed by atoms with E-state index in [0.29, 0.717) is 24.4 Å². The average Bonchev–Trinajstić information content (AvgIpc) is 2.97. The Hall–Kier alpha value is -3.85. The van der Waals surface area contributed by atoms with Crippen LogP contribution in [0.15, 0.2) is 89.8 Å². The van der Waals surface area contributed by atoms with Crippen molar-refractivity contribution in [2.75, 3.05) is 31.0 Å². The first-order valence-corrected chi connectivity index (χ1v) is 14.5. The van der Waals surface area contributed by atoms with E-state index in [2.05, 4.69) is 5.32 Å². The van der Waals surface area contributed by atoms with Gasteiger partial charge in [-0.25, -0.2) is 8.42 Å². The summed E-state index contributed by atoms with van der Waals surface area (Å²) < 4.78 is 33.8. The Morgan fingerprint density at radius 2 is 1.54 bits per heavy atom. The quantitative estimate of drug-likeness (QED) is 0.302. The highest BCUT2D eigenvalue weighted by molar-refractivity contribution is 7.92. The molecule has 0 fully saturated rings. The molecule has 0 saturated heterocycles. The molecule has 1 unspecified atom stereocenters. The molecule has 0 spiro atoms. The molecular weight excluding hydrogens is 514 g/mol. The number of unbranched alkanes of at least 4 members (excludes halogenated alkanes) is 1. The Labute approximate surface area is 231 Å². The van der Waals surface area contributed by atoms with E-state index in [4.69, 9.17) is 4.74 Å².